The van der Waals surface area contributed by atoms with Crippen molar-refractivity contribution in [2.24, 2.45) is 5.92 Å². The number of halogens is 2. The van der Waals surface area contributed by atoms with E-state index in [9.17, 15) is 0 Å². The van der Waals surface area contributed by atoms with Crippen LogP contribution in [0.2, 0.25) is 0 Å². The van der Waals surface area contributed by atoms with Crippen LogP contribution >= 0.6 is 29.8 Å². The maximum absolute atomic E-state index is 4.79. The first-order chi connectivity index (χ1) is 3.15. The molecule has 0 aliphatic heterocycles. The summed E-state index contributed by atoms with van der Waals surface area (Å²) in [6.45, 7) is 6.50. The van der Waals surface area contributed by atoms with Gasteiger partial charge in [0.2, 0.25) is 0 Å². The van der Waals surface area contributed by atoms with Crippen LogP contribution in [0.25, 0.3) is 0 Å². The Balaban J connectivity index is 0. The largest absolute Gasteiger partial charge is 0.0818 e. The second-order valence-corrected chi connectivity index (χ2v) is 3.66. The molecule has 0 aliphatic carbocycles. The molecule has 0 saturated carbocycles. The summed E-state index contributed by atoms with van der Waals surface area (Å²) in [5.74, 6) is 0.833. The predicted octanol–water partition coefficient (Wildman–Crippen LogP) is 3.63. The first-order valence-corrected chi connectivity index (χ1v) is 5.13. The Hall–Kier alpha value is 1.01. The SMILES string of the molecule is CC(C)C.ClPCl. The van der Waals surface area contributed by atoms with Crippen molar-refractivity contribution in [1.29, 1.82) is 0 Å². The van der Waals surface area contributed by atoms with Crippen molar-refractivity contribution >= 4 is 29.8 Å². The summed E-state index contributed by atoms with van der Waals surface area (Å²) in [5.41, 5.74) is 0. The molecule has 0 saturated heterocycles. The third-order valence-electron chi connectivity index (χ3n) is 0. The smallest absolute Gasteiger partial charge is 0.0713 e. The Bertz CT molecular complexity index is 20.9. The summed E-state index contributed by atoms with van der Waals surface area (Å²) >= 11 is 9.58. The molecular weight excluding hydrogens is 150 g/mol. The van der Waals surface area contributed by atoms with Crippen LogP contribution in [0.15, 0.2) is 0 Å². The van der Waals surface area contributed by atoms with Gasteiger partial charge in [-0.25, -0.2) is 0 Å². The van der Waals surface area contributed by atoms with Crippen molar-refractivity contribution < 1.29 is 0 Å². The molecule has 7 heavy (non-hydrogen) atoms. The molecule has 0 heterocycles. The Morgan fingerprint density at radius 3 is 1.14 bits per heavy atom. The molecule has 0 aromatic heterocycles. The van der Waals surface area contributed by atoms with Crippen molar-refractivity contribution in [2.75, 3.05) is 0 Å². The molecule has 0 bridgehead atoms. The third-order valence-corrected chi connectivity index (χ3v) is 0. The Morgan fingerprint density at radius 2 is 1.14 bits per heavy atom. The minimum atomic E-state index is 0.0278. The van der Waals surface area contributed by atoms with Gasteiger partial charge in [0, 0.05) is 0 Å². The van der Waals surface area contributed by atoms with Gasteiger partial charge in [0.1, 0.15) is 0 Å². The van der Waals surface area contributed by atoms with E-state index in [1.165, 1.54) is 0 Å². The second kappa shape index (κ2) is 10.1. The zero-order chi connectivity index (χ0) is 6.28. The zero-order valence-corrected chi connectivity index (χ0v) is 7.35. The van der Waals surface area contributed by atoms with Gasteiger partial charge in [-0.3, -0.25) is 0 Å². The highest BCUT2D eigenvalue weighted by atomic mass is 35.9. The van der Waals surface area contributed by atoms with E-state index in [1.807, 2.05) is 0 Å². The highest BCUT2D eigenvalue weighted by Gasteiger charge is 1.68. The van der Waals surface area contributed by atoms with Gasteiger partial charge in [-0.1, -0.05) is 43.3 Å². The molecule has 0 unspecified atom stereocenters. The Morgan fingerprint density at radius 1 is 1.14 bits per heavy atom. The van der Waals surface area contributed by atoms with Crippen LogP contribution < -0.4 is 0 Å². The number of hydrogen-bond donors (Lipinski definition) is 0. The average molecular weight is 161 g/mol. The third kappa shape index (κ3) is 172. The Kier molecular flexibility index (Phi) is 15.7. The summed E-state index contributed by atoms with van der Waals surface area (Å²) < 4.78 is 0. The van der Waals surface area contributed by atoms with Gasteiger partial charge in [-0.05, 0) is 5.92 Å². The fraction of sp³-hybridized carbons (Fsp3) is 1.00. The molecule has 0 radical (unpaired) electrons. The molecule has 0 atom stereocenters. The van der Waals surface area contributed by atoms with Gasteiger partial charge in [-0.15, -0.1) is 0 Å². The molecule has 0 nitrogen and oxygen atoms in total. The van der Waals surface area contributed by atoms with Gasteiger partial charge in [-0.2, -0.15) is 0 Å². The van der Waals surface area contributed by atoms with E-state index in [2.05, 4.69) is 20.8 Å². The van der Waals surface area contributed by atoms with Crippen LogP contribution in [0.4, 0.5) is 0 Å². The highest BCUT2D eigenvalue weighted by Crippen LogP contribution is 2.19. The topological polar surface area (TPSA) is 0 Å². The van der Waals surface area contributed by atoms with Gasteiger partial charge in [0.25, 0.3) is 0 Å². The molecule has 0 spiro atoms. The van der Waals surface area contributed by atoms with Crippen molar-refractivity contribution in [2.45, 2.75) is 20.8 Å². The summed E-state index contributed by atoms with van der Waals surface area (Å²) in [5, 5.41) is 0. The lowest BCUT2D eigenvalue weighted by atomic mass is 10.3. The minimum Gasteiger partial charge on any atom is -0.0818 e. The van der Waals surface area contributed by atoms with Gasteiger partial charge in [0.15, 0.2) is 0 Å². The van der Waals surface area contributed by atoms with Crippen molar-refractivity contribution in [3.8, 4) is 0 Å². The zero-order valence-electron chi connectivity index (χ0n) is 4.83. The maximum atomic E-state index is 4.79. The summed E-state index contributed by atoms with van der Waals surface area (Å²) in [4.78, 5) is 0. The van der Waals surface area contributed by atoms with Crippen LogP contribution in [-0.4, -0.2) is 0 Å². The van der Waals surface area contributed by atoms with Crippen molar-refractivity contribution in [3.05, 3.63) is 0 Å². The lowest BCUT2D eigenvalue weighted by Gasteiger charge is -1.79. The fourth-order valence-electron chi connectivity index (χ4n) is 0. The molecular formula is C4H11Cl2P. The molecule has 0 aliphatic rings. The van der Waals surface area contributed by atoms with Gasteiger partial charge < -0.3 is 0 Å². The summed E-state index contributed by atoms with van der Waals surface area (Å²) in [7, 11) is 0.0278. The van der Waals surface area contributed by atoms with E-state index < -0.39 is 0 Å². The van der Waals surface area contributed by atoms with Crippen LogP contribution in [0.1, 0.15) is 20.8 Å². The molecule has 0 fully saturated rings. The second-order valence-electron chi connectivity index (χ2n) is 1.80. The molecule has 0 rings (SSSR count). The van der Waals surface area contributed by atoms with E-state index >= 15 is 0 Å². The van der Waals surface area contributed by atoms with E-state index in [-0.39, 0.29) is 7.29 Å². The summed E-state index contributed by atoms with van der Waals surface area (Å²) in [6.07, 6.45) is 0. The van der Waals surface area contributed by atoms with Gasteiger partial charge >= 0.3 is 0 Å². The van der Waals surface area contributed by atoms with E-state index in [4.69, 9.17) is 22.5 Å². The van der Waals surface area contributed by atoms with E-state index in [0.29, 0.717) is 0 Å². The standard InChI is InChI=1S/C4H10.Cl2HP/c1-4(2)3;1-3-2/h4H,1-3H3;3H. The molecule has 46 valence electrons. The Labute approximate surface area is 56.9 Å². The van der Waals surface area contributed by atoms with Crippen molar-refractivity contribution in [3.63, 3.8) is 0 Å². The van der Waals surface area contributed by atoms with E-state index in [0.717, 1.165) is 5.92 Å². The lowest BCUT2D eigenvalue weighted by Crippen LogP contribution is -1.66. The van der Waals surface area contributed by atoms with Crippen LogP contribution in [0.3, 0.4) is 0 Å². The van der Waals surface area contributed by atoms with Crippen LogP contribution in [0, 0.1) is 5.92 Å². The highest BCUT2D eigenvalue weighted by molar-refractivity contribution is 7.90. The average Bonchev–Trinajstić information content (AvgIpc) is 1.33. The number of rotatable bonds is 0. The van der Waals surface area contributed by atoms with E-state index in [1.54, 1.807) is 0 Å². The van der Waals surface area contributed by atoms with Gasteiger partial charge in [0.05, 0.1) is 7.29 Å². The molecule has 0 aromatic rings. The molecule has 0 amide bonds. The maximum Gasteiger partial charge on any atom is 0.0713 e. The minimum absolute atomic E-state index is 0.0278. The predicted molar refractivity (Wildman–Crippen MR) is 40.5 cm³/mol. The van der Waals surface area contributed by atoms with Crippen molar-refractivity contribution in [1.82, 2.24) is 0 Å². The first-order valence-electron chi connectivity index (χ1n) is 2.11. The lowest BCUT2D eigenvalue weighted by molar-refractivity contribution is 0.737. The molecule has 0 aromatic carbocycles. The molecule has 0 N–H and O–H groups in total. The number of hydrogen-bond acceptors (Lipinski definition) is 0. The van der Waals surface area contributed by atoms with Crippen LogP contribution in [0.5, 0.6) is 0 Å². The fourth-order valence-corrected chi connectivity index (χ4v) is 0. The first kappa shape index (κ1) is 10.9. The monoisotopic (exact) mass is 160 g/mol. The quantitative estimate of drug-likeness (QED) is 0.475. The summed E-state index contributed by atoms with van der Waals surface area (Å²) in [6, 6.07) is 0. The molecule has 3 heteroatoms. The normalized spacial score (nSPS) is 7.71. The van der Waals surface area contributed by atoms with Crippen LogP contribution in [-0.2, 0) is 0 Å².